The number of nitrogens with zero attached hydrogens (tertiary/aromatic N) is 2. The van der Waals surface area contributed by atoms with Gasteiger partial charge in [-0.2, -0.15) is 0 Å². The SMILES string of the molecule is CCOC(=O)N1[C@H]2C(C)=C[C@](C)([C@@H]3C(=O)N(c4ccccc4)C(=O)[C@@H]32)[C@H]1C. The molecule has 142 valence electrons. The molecule has 5 rings (SSSR count). The first-order valence-electron chi connectivity index (χ1n) is 9.40. The minimum Gasteiger partial charge on any atom is -0.450 e. The number of ether oxygens (including phenoxy) is 1. The van der Waals surface area contributed by atoms with Gasteiger partial charge < -0.3 is 4.74 Å². The summed E-state index contributed by atoms with van der Waals surface area (Å²) in [5, 5.41) is 0. The van der Waals surface area contributed by atoms with Gasteiger partial charge in [-0.25, -0.2) is 9.69 Å². The molecule has 1 aromatic rings. The number of carbonyl (C=O) groups is 3. The van der Waals surface area contributed by atoms with Gasteiger partial charge in [0.25, 0.3) is 0 Å². The van der Waals surface area contributed by atoms with E-state index in [1.807, 2.05) is 39.0 Å². The third-order valence-electron chi connectivity index (χ3n) is 6.48. The zero-order chi connectivity index (χ0) is 19.5. The van der Waals surface area contributed by atoms with Crippen LogP contribution in [-0.4, -0.2) is 41.5 Å². The highest BCUT2D eigenvalue weighted by atomic mass is 16.6. The Labute approximate surface area is 158 Å². The lowest BCUT2D eigenvalue weighted by Crippen LogP contribution is -2.67. The summed E-state index contributed by atoms with van der Waals surface area (Å²) in [6.45, 7) is 7.87. The molecule has 0 N–H and O–H groups in total. The number of fused-ring (bicyclic) bond motifs is 1. The van der Waals surface area contributed by atoms with Crippen molar-refractivity contribution in [3.8, 4) is 0 Å². The first-order chi connectivity index (χ1) is 12.8. The van der Waals surface area contributed by atoms with E-state index in [4.69, 9.17) is 4.74 Å². The van der Waals surface area contributed by atoms with Crippen LogP contribution in [0.2, 0.25) is 0 Å². The lowest BCUT2D eigenvalue weighted by molar-refractivity contribution is -0.135. The number of hydrogen-bond donors (Lipinski definition) is 0. The summed E-state index contributed by atoms with van der Waals surface area (Å²) in [7, 11) is 0. The first kappa shape index (κ1) is 17.8. The van der Waals surface area contributed by atoms with Crippen molar-refractivity contribution >= 4 is 23.6 Å². The van der Waals surface area contributed by atoms with Crippen molar-refractivity contribution in [2.24, 2.45) is 17.3 Å². The average molecular weight is 368 g/mol. The normalized spacial score (nSPS) is 34.6. The standard InChI is InChI=1S/C21H24N2O4/c1-5-27-20(26)22-13(3)21(4)11-12(2)17(22)15-16(21)19(25)23(18(15)24)14-9-7-6-8-10-14/h6-11,13,15-17H,5H2,1-4H3/t13-,15+,16+,17+,21+/m1/s1. The van der Waals surface area contributed by atoms with Crippen LogP contribution in [-0.2, 0) is 14.3 Å². The van der Waals surface area contributed by atoms with Crippen molar-refractivity contribution in [3.63, 3.8) is 0 Å². The predicted molar refractivity (Wildman–Crippen MR) is 99.9 cm³/mol. The summed E-state index contributed by atoms with van der Waals surface area (Å²) in [4.78, 5) is 42.3. The lowest BCUT2D eigenvalue weighted by Gasteiger charge is -2.57. The van der Waals surface area contributed by atoms with E-state index < -0.39 is 29.4 Å². The molecular weight excluding hydrogens is 344 g/mol. The third kappa shape index (κ3) is 2.22. The van der Waals surface area contributed by atoms with E-state index in [0.29, 0.717) is 5.69 Å². The monoisotopic (exact) mass is 368 g/mol. The van der Waals surface area contributed by atoms with Crippen LogP contribution in [0.3, 0.4) is 0 Å². The van der Waals surface area contributed by atoms with E-state index in [-0.39, 0.29) is 24.5 Å². The van der Waals surface area contributed by atoms with E-state index >= 15 is 0 Å². The van der Waals surface area contributed by atoms with E-state index in [1.165, 1.54) is 4.90 Å². The summed E-state index contributed by atoms with van der Waals surface area (Å²) in [5.74, 6) is -1.46. The number of piperidine rings is 1. The second-order valence-electron chi connectivity index (χ2n) is 7.83. The number of para-hydroxylation sites is 1. The zero-order valence-corrected chi connectivity index (χ0v) is 16.0. The molecule has 2 bridgehead atoms. The summed E-state index contributed by atoms with van der Waals surface area (Å²) in [6.07, 6.45) is 1.66. The summed E-state index contributed by atoms with van der Waals surface area (Å²) < 4.78 is 5.27. The molecule has 0 aromatic heterocycles. The van der Waals surface area contributed by atoms with E-state index in [2.05, 4.69) is 6.08 Å². The van der Waals surface area contributed by atoms with E-state index in [0.717, 1.165) is 5.57 Å². The Hall–Kier alpha value is -2.63. The van der Waals surface area contributed by atoms with Crippen LogP contribution in [0.15, 0.2) is 42.0 Å². The van der Waals surface area contributed by atoms with Crippen molar-refractivity contribution < 1.29 is 19.1 Å². The van der Waals surface area contributed by atoms with E-state index in [9.17, 15) is 14.4 Å². The quantitative estimate of drug-likeness (QED) is 0.595. The molecular formula is C21H24N2O4. The van der Waals surface area contributed by atoms with Gasteiger partial charge in [0.1, 0.15) is 0 Å². The molecule has 3 heterocycles. The van der Waals surface area contributed by atoms with Gasteiger partial charge in [-0.15, -0.1) is 0 Å². The number of benzene rings is 1. The maximum atomic E-state index is 13.4. The maximum Gasteiger partial charge on any atom is 0.410 e. The van der Waals surface area contributed by atoms with Gasteiger partial charge in [-0.05, 0) is 32.9 Å². The van der Waals surface area contributed by atoms with Crippen molar-refractivity contribution in [2.45, 2.75) is 39.8 Å². The van der Waals surface area contributed by atoms with Gasteiger partial charge in [0, 0.05) is 11.5 Å². The van der Waals surface area contributed by atoms with Crippen molar-refractivity contribution in [2.75, 3.05) is 11.5 Å². The van der Waals surface area contributed by atoms with Crippen LogP contribution < -0.4 is 4.90 Å². The number of rotatable bonds is 2. The summed E-state index contributed by atoms with van der Waals surface area (Å²) >= 11 is 0. The number of carbonyl (C=O) groups excluding carboxylic acids is 3. The van der Waals surface area contributed by atoms with Gasteiger partial charge in [0.05, 0.1) is 30.2 Å². The van der Waals surface area contributed by atoms with Crippen LogP contribution in [0.4, 0.5) is 10.5 Å². The largest absolute Gasteiger partial charge is 0.450 e. The van der Waals surface area contributed by atoms with E-state index in [1.54, 1.807) is 24.0 Å². The minimum absolute atomic E-state index is 0.178. The molecule has 2 saturated heterocycles. The number of hydrogen-bond acceptors (Lipinski definition) is 4. The first-order valence-corrected chi connectivity index (χ1v) is 9.40. The van der Waals surface area contributed by atoms with Gasteiger partial charge in [-0.1, -0.05) is 36.8 Å². The molecule has 6 nitrogen and oxygen atoms in total. The Morgan fingerprint density at radius 1 is 1.19 bits per heavy atom. The van der Waals surface area contributed by atoms with Crippen LogP contribution in [0.5, 0.6) is 0 Å². The van der Waals surface area contributed by atoms with Gasteiger partial charge in [0.15, 0.2) is 0 Å². The molecule has 2 fully saturated rings. The zero-order valence-electron chi connectivity index (χ0n) is 16.0. The number of imide groups is 1. The maximum absolute atomic E-state index is 13.4. The molecule has 0 spiro atoms. The molecule has 3 amide bonds. The van der Waals surface area contributed by atoms with Crippen molar-refractivity contribution in [3.05, 3.63) is 42.0 Å². The molecule has 0 unspecified atom stereocenters. The lowest BCUT2D eigenvalue weighted by atomic mass is 9.56. The Balaban J connectivity index is 1.83. The topological polar surface area (TPSA) is 66.9 Å². The highest BCUT2D eigenvalue weighted by Gasteiger charge is 2.68. The fourth-order valence-corrected chi connectivity index (χ4v) is 5.23. The van der Waals surface area contributed by atoms with Crippen LogP contribution in [0, 0.1) is 17.3 Å². The Morgan fingerprint density at radius 3 is 2.48 bits per heavy atom. The fraction of sp³-hybridized carbons (Fsp3) is 0.476. The molecule has 4 aliphatic rings. The third-order valence-corrected chi connectivity index (χ3v) is 6.48. The van der Waals surface area contributed by atoms with Gasteiger partial charge in [0.2, 0.25) is 11.8 Å². The van der Waals surface area contributed by atoms with Crippen molar-refractivity contribution in [1.29, 1.82) is 0 Å². The predicted octanol–water partition coefficient (Wildman–Crippen LogP) is 2.99. The average Bonchev–Trinajstić information content (AvgIpc) is 2.90. The highest BCUT2D eigenvalue weighted by molar-refractivity contribution is 6.23. The van der Waals surface area contributed by atoms with Crippen molar-refractivity contribution in [1.82, 2.24) is 4.90 Å². The molecule has 0 radical (unpaired) electrons. The Morgan fingerprint density at radius 2 is 1.85 bits per heavy atom. The molecule has 1 aliphatic carbocycles. The molecule has 6 heteroatoms. The molecule has 27 heavy (non-hydrogen) atoms. The van der Waals surface area contributed by atoms with Crippen LogP contribution in [0.1, 0.15) is 27.7 Å². The Kier molecular flexibility index (Phi) is 3.91. The van der Waals surface area contributed by atoms with Crippen LogP contribution >= 0.6 is 0 Å². The van der Waals surface area contributed by atoms with Crippen LogP contribution in [0.25, 0.3) is 0 Å². The molecule has 0 saturated carbocycles. The number of anilines is 1. The fourth-order valence-electron chi connectivity index (χ4n) is 5.23. The Bertz CT molecular complexity index is 849. The number of amides is 3. The summed E-state index contributed by atoms with van der Waals surface area (Å²) in [5.41, 5.74) is 0.908. The molecule has 5 atom stereocenters. The molecule has 1 aromatic carbocycles. The summed E-state index contributed by atoms with van der Waals surface area (Å²) in [6, 6.07) is 8.32. The molecule has 3 aliphatic heterocycles. The second kappa shape index (κ2) is 5.94. The second-order valence-corrected chi connectivity index (χ2v) is 7.83. The van der Waals surface area contributed by atoms with Gasteiger partial charge >= 0.3 is 6.09 Å². The highest BCUT2D eigenvalue weighted by Crippen LogP contribution is 2.57. The smallest absolute Gasteiger partial charge is 0.410 e. The van der Waals surface area contributed by atoms with Gasteiger partial charge in [-0.3, -0.25) is 14.5 Å². The minimum atomic E-state index is -0.619.